The van der Waals surface area contributed by atoms with Crippen LogP contribution in [-0.2, 0) is 13.6 Å². The number of aryl methyl sites for hydroxylation is 1. The van der Waals surface area contributed by atoms with Gasteiger partial charge in [0.25, 0.3) is 5.56 Å². The van der Waals surface area contributed by atoms with Crippen molar-refractivity contribution in [2.75, 3.05) is 5.32 Å². The molecular weight excluding hydrogens is 266 g/mol. The van der Waals surface area contributed by atoms with E-state index >= 15 is 0 Å². The predicted octanol–water partition coefficient (Wildman–Crippen LogP) is 1.82. The van der Waals surface area contributed by atoms with Crippen LogP contribution >= 0.6 is 11.6 Å². The average Bonchev–Trinajstić information content (AvgIpc) is 2.76. The van der Waals surface area contributed by atoms with Crippen LogP contribution in [0.2, 0.25) is 5.02 Å². The summed E-state index contributed by atoms with van der Waals surface area (Å²) in [6.07, 6.45) is 5.22. The first-order valence-electron chi connectivity index (χ1n) is 5.97. The van der Waals surface area contributed by atoms with Crippen molar-refractivity contribution >= 4 is 17.3 Å². The summed E-state index contributed by atoms with van der Waals surface area (Å²) < 4.78 is 3.07. The maximum absolute atomic E-state index is 12.0. The Bertz CT molecular complexity index is 631. The molecular formula is C12H16ClN5O. The van der Waals surface area contributed by atoms with Crippen molar-refractivity contribution in [1.82, 2.24) is 19.6 Å². The zero-order valence-electron chi connectivity index (χ0n) is 11.1. The molecule has 2 heterocycles. The van der Waals surface area contributed by atoms with E-state index in [2.05, 4.69) is 15.5 Å². The molecule has 2 rings (SSSR count). The highest BCUT2D eigenvalue weighted by Gasteiger charge is 2.11. The van der Waals surface area contributed by atoms with Crippen molar-refractivity contribution in [2.24, 2.45) is 7.05 Å². The minimum atomic E-state index is -0.284. The Morgan fingerprint density at radius 3 is 2.68 bits per heavy atom. The number of nitrogens with zero attached hydrogens (tertiary/aromatic N) is 4. The smallest absolute Gasteiger partial charge is 0.287 e. The number of halogens is 1. The second-order valence-electron chi connectivity index (χ2n) is 4.59. The Hall–Kier alpha value is -1.82. The Labute approximate surface area is 116 Å². The quantitative estimate of drug-likeness (QED) is 0.928. The highest BCUT2D eigenvalue weighted by molar-refractivity contribution is 6.32. The minimum Gasteiger partial charge on any atom is -0.378 e. The summed E-state index contributed by atoms with van der Waals surface area (Å²) in [6.45, 7) is 4.31. The third-order valence-electron chi connectivity index (χ3n) is 2.67. The van der Waals surface area contributed by atoms with Gasteiger partial charge in [0.15, 0.2) is 0 Å². The maximum Gasteiger partial charge on any atom is 0.287 e. The zero-order valence-corrected chi connectivity index (χ0v) is 11.8. The molecule has 1 N–H and O–H groups in total. The molecule has 0 aromatic carbocycles. The van der Waals surface area contributed by atoms with Gasteiger partial charge in [-0.3, -0.25) is 9.48 Å². The highest BCUT2D eigenvalue weighted by atomic mass is 35.5. The summed E-state index contributed by atoms with van der Waals surface area (Å²) in [7, 11) is 1.85. The Balaban J connectivity index is 2.18. The molecule has 2 aromatic rings. The van der Waals surface area contributed by atoms with Crippen molar-refractivity contribution in [3.05, 3.63) is 39.5 Å². The molecule has 0 aliphatic carbocycles. The lowest BCUT2D eigenvalue weighted by Crippen LogP contribution is -2.25. The zero-order chi connectivity index (χ0) is 14.0. The van der Waals surface area contributed by atoms with E-state index in [0.29, 0.717) is 12.2 Å². The Kier molecular flexibility index (Phi) is 3.90. The number of aromatic nitrogens is 4. The molecule has 0 amide bonds. The van der Waals surface area contributed by atoms with E-state index in [1.807, 2.05) is 27.1 Å². The molecule has 0 spiro atoms. The summed E-state index contributed by atoms with van der Waals surface area (Å²) in [6, 6.07) is -0.0163. The van der Waals surface area contributed by atoms with Crippen LogP contribution in [0.1, 0.15) is 25.5 Å². The lowest BCUT2D eigenvalue weighted by Gasteiger charge is -2.11. The number of nitrogens with one attached hydrogen (secondary N) is 1. The minimum absolute atomic E-state index is 0.0163. The Morgan fingerprint density at radius 2 is 2.11 bits per heavy atom. The molecule has 6 nitrogen and oxygen atoms in total. The van der Waals surface area contributed by atoms with Crippen LogP contribution in [0.5, 0.6) is 0 Å². The Morgan fingerprint density at radius 1 is 1.37 bits per heavy atom. The molecule has 0 bridgehead atoms. The van der Waals surface area contributed by atoms with Crippen molar-refractivity contribution in [3.8, 4) is 0 Å². The second-order valence-corrected chi connectivity index (χ2v) is 4.97. The van der Waals surface area contributed by atoms with Crippen LogP contribution in [0.3, 0.4) is 0 Å². The third-order valence-corrected chi connectivity index (χ3v) is 3.04. The van der Waals surface area contributed by atoms with Crippen LogP contribution in [0.25, 0.3) is 0 Å². The first kappa shape index (κ1) is 13.6. The molecule has 0 atom stereocenters. The van der Waals surface area contributed by atoms with E-state index in [1.54, 1.807) is 17.1 Å². The lowest BCUT2D eigenvalue weighted by atomic mass is 10.3. The van der Waals surface area contributed by atoms with Crippen molar-refractivity contribution in [3.63, 3.8) is 0 Å². The monoisotopic (exact) mass is 281 g/mol. The molecule has 0 unspecified atom stereocenters. The molecule has 0 fully saturated rings. The van der Waals surface area contributed by atoms with E-state index < -0.39 is 0 Å². The molecule has 7 heteroatoms. The van der Waals surface area contributed by atoms with Gasteiger partial charge in [-0.25, -0.2) is 4.68 Å². The predicted molar refractivity (Wildman–Crippen MR) is 74.4 cm³/mol. The van der Waals surface area contributed by atoms with E-state index in [0.717, 1.165) is 5.56 Å². The molecule has 0 aliphatic heterocycles. The van der Waals surface area contributed by atoms with Gasteiger partial charge >= 0.3 is 0 Å². The van der Waals surface area contributed by atoms with E-state index in [4.69, 9.17) is 11.6 Å². The first-order valence-corrected chi connectivity index (χ1v) is 6.35. The van der Waals surface area contributed by atoms with Gasteiger partial charge in [-0.2, -0.15) is 10.2 Å². The van der Waals surface area contributed by atoms with Gasteiger partial charge < -0.3 is 5.32 Å². The standard InChI is InChI=1S/C12H16ClN5O/c1-8(2)18-12(19)11(13)10(6-16-18)14-4-9-5-15-17(3)7-9/h5-8,14H,4H2,1-3H3. The molecule has 0 aliphatic rings. The highest BCUT2D eigenvalue weighted by Crippen LogP contribution is 2.17. The topological polar surface area (TPSA) is 64.7 Å². The largest absolute Gasteiger partial charge is 0.378 e. The van der Waals surface area contributed by atoms with Gasteiger partial charge in [0, 0.05) is 25.4 Å². The third kappa shape index (κ3) is 2.96. The molecule has 102 valence electrons. The number of hydrogen-bond donors (Lipinski definition) is 1. The number of hydrogen-bond acceptors (Lipinski definition) is 4. The fourth-order valence-corrected chi connectivity index (χ4v) is 1.90. The van der Waals surface area contributed by atoms with Crippen LogP contribution in [0.15, 0.2) is 23.4 Å². The van der Waals surface area contributed by atoms with E-state index in [9.17, 15) is 4.79 Å². The van der Waals surface area contributed by atoms with Gasteiger partial charge in [-0.05, 0) is 13.8 Å². The summed E-state index contributed by atoms with van der Waals surface area (Å²) >= 11 is 6.06. The fraction of sp³-hybridized carbons (Fsp3) is 0.417. The molecule has 2 aromatic heterocycles. The maximum atomic E-state index is 12.0. The molecule has 0 saturated carbocycles. The van der Waals surface area contributed by atoms with Crippen molar-refractivity contribution in [1.29, 1.82) is 0 Å². The van der Waals surface area contributed by atoms with Crippen LogP contribution < -0.4 is 10.9 Å². The fourth-order valence-electron chi connectivity index (χ4n) is 1.70. The second kappa shape index (κ2) is 5.44. The summed E-state index contributed by atoms with van der Waals surface area (Å²) in [5.41, 5.74) is 1.26. The van der Waals surface area contributed by atoms with E-state index in [-0.39, 0.29) is 16.6 Å². The van der Waals surface area contributed by atoms with Gasteiger partial charge in [0.05, 0.1) is 24.1 Å². The van der Waals surface area contributed by atoms with E-state index in [1.165, 1.54) is 4.68 Å². The summed E-state index contributed by atoms with van der Waals surface area (Å²) in [5, 5.41) is 11.4. The van der Waals surface area contributed by atoms with Crippen LogP contribution in [-0.4, -0.2) is 19.6 Å². The summed E-state index contributed by atoms with van der Waals surface area (Å²) in [5.74, 6) is 0. The number of anilines is 1. The first-order chi connectivity index (χ1) is 8.99. The van der Waals surface area contributed by atoms with Crippen molar-refractivity contribution < 1.29 is 0 Å². The lowest BCUT2D eigenvalue weighted by molar-refractivity contribution is 0.503. The van der Waals surface area contributed by atoms with Crippen LogP contribution in [0.4, 0.5) is 5.69 Å². The molecule has 0 saturated heterocycles. The summed E-state index contributed by atoms with van der Waals surface area (Å²) in [4.78, 5) is 12.0. The van der Waals surface area contributed by atoms with Gasteiger partial charge in [-0.1, -0.05) is 11.6 Å². The van der Waals surface area contributed by atoms with Crippen LogP contribution in [0, 0.1) is 0 Å². The van der Waals surface area contributed by atoms with Gasteiger partial charge in [0.2, 0.25) is 0 Å². The normalized spacial score (nSPS) is 11.0. The average molecular weight is 282 g/mol. The van der Waals surface area contributed by atoms with Gasteiger partial charge in [0.1, 0.15) is 5.02 Å². The van der Waals surface area contributed by atoms with Gasteiger partial charge in [-0.15, -0.1) is 0 Å². The SMILES string of the molecule is CC(C)n1ncc(NCc2cnn(C)c2)c(Cl)c1=O. The van der Waals surface area contributed by atoms with Crippen molar-refractivity contribution in [2.45, 2.75) is 26.4 Å². The molecule has 0 radical (unpaired) electrons. The number of rotatable bonds is 4. The molecule has 19 heavy (non-hydrogen) atoms.